The monoisotopic (exact) mass is 472 g/mol. The van der Waals surface area contributed by atoms with Gasteiger partial charge in [-0.1, -0.05) is 46.3 Å². The number of nitrogens with one attached hydrogen (secondary N) is 2. The highest BCUT2D eigenvalue weighted by Crippen LogP contribution is 2.52. The first-order valence-electron chi connectivity index (χ1n) is 12.1. The van der Waals surface area contributed by atoms with Gasteiger partial charge in [-0.15, -0.1) is 11.8 Å². The molecule has 1 aromatic rings. The SMILES string of the molecule is C=C(C)C(C)(C)C(C)C1=C(N)CC(C)(Nc2ccc(C(=O)NCCN(C)CCCC)cc2)S1. The van der Waals surface area contributed by atoms with E-state index < -0.39 is 0 Å². The summed E-state index contributed by atoms with van der Waals surface area (Å²) in [6, 6.07) is 7.71. The lowest BCUT2D eigenvalue weighted by atomic mass is 9.74. The van der Waals surface area contributed by atoms with E-state index in [0.717, 1.165) is 30.9 Å². The number of allylic oxidation sites excluding steroid dienone is 2. The van der Waals surface area contributed by atoms with Gasteiger partial charge >= 0.3 is 0 Å². The Balaban J connectivity index is 1.93. The number of benzene rings is 1. The molecule has 1 aromatic carbocycles. The van der Waals surface area contributed by atoms with Crippen molar-refractivity contribution in [1.82, 2.24) is 10.2 Å². The van der Waals surface area contributed by atoms with Crippen LogP contribution in [0.15, 0.2) is 47.0 Å². The maximum Gasteiger partial charge on any atom is 0.251 e. The van der Waals surface area contributed by atoms with Gasteiger partial charge in [0.2, 0.25) is 0 Å². The number of anilines is 1. The van der Waals surface area contributed by atoms with E-state index >= 15 is 0 Å². The maximum atomic E-state index is 12.5. The Morgan fingerprint density at radius 2 is 1.94 bits per heavy atom. The first-order valence-corrected chi connectivity index (χ1v) is 12.9. The summed E-state index contributed by atoms with van der Waals surface area (Å²) in [4.78, 5) is 15.8. The molecule has 0 saturated heterocycles. The Kier molecular flexibility index (Phi) is 9.50. The zero-order valence-electron chi connectivity index (χ0n) is 21.7. The summed E-state index contributed by atoms with van der Waals surface area (Å²) in [5.41, 5.74) is 10.3. The van der Waals surface area contributed by atoms with Gasteiger partial charge in [-0.3, -0.25) is 4.79 Å². The van der Waals surface area contributed by atoms with Crippen LogP contribution in [-0.4, -0.2) is 42.4 Å². The number of nitrogens with zero attached hydrogens (tertiary/aromatic N) is 1. The molecular formula is C27H44N4OS. The van der Waals surface area contributed by atoms with Crippen molar-refractivity contribution >= 4 is 23.4 Å². The molecule has 2 unspecified atom stereocenters. The van der Waals surface area contributed by atoms with Gasteiger partial charge in [0.1, 0.15) is 0 Å². The topological polar surface area (TPSA) is 70.4 Å². The van der Waals surface area contributed by atoms with E-state index in [1.165, 1.54) is 23.3 Å². The smallest absolute Gasteiger partial charge is 0.251 e. The molecule has 0 aromatic heterocycles. The zero-order chi connectivity index (χ0) is 24.8. The molecule has 0 spiro atoms. The van der Waals surface area contributed by atoms with Crippen molar-refractivity contribution in [2.45, 2.75) is 65.7 Å². The Hall–Kier alpha value is -1.92. The molecule has 1 heterocycles. The second kappa shape index (κ2) is 11.5. The number of amides is 1. The van der Waals surface area contributed by atoms with Crippen LogP contribution in [0.1, 0.15) is 71.2 Å². The third-order valence-electron chi connectivity index (χ3n) is 6.98. The minimum absolute atomic E-state index is 0.0159. The molecule has 2 rings (SSSR count). The predicted molar refractivity (Wildman–Crippen MR) is 144 cm³/mol. The second-order valence-corrected chi connectivity index (χ2v) is 11.8. The average molecular weight is 473 g/mol. The molecule has 0 fully saturated rings. The van der Waals surface area contributed by atoms with Crippen LogP contribution in [0.3, 0.4) is 0 Å². The van der Waals surface area contributed by atoms with Gasteiger partial charge in [0.05, 0.1) is 4.87 Å². The highest BCUT2D eigenvalue weighted by molar-refractivity contribution is 8.04. The van der Waals surface area contributed by atoms with Gasteiger partial charge in [0.25, 0.3) is 5.91 Å². The third-order valence-corrected chi connectivity index (χ3v) is 8.52. The van der Waals surface area contributed by atoms with Crippen LogP contribution >= 0.6 is 11.8 Å². The fourth-order valence-corrected chi connectivity index (χ4v) is 5.50. The van der Waals surface area contributed by atoms with Gasteiger partial charge in [-0.05, 0) is 69.5 Å². The number of carbonyl (C=O) groups is 1. The summed E-state index contributed by atoms with van der Waals surface area (Å²) in [6.07, 6.45) is 3.14. The number of nitrogens with two attached hydrogens (primary N) is 1. The highest BCUT2D eigenvalue weighted by atomic mass is 32.2. The second-order valence-electron chi connectivity index (χ2n) is 10.2. The normalized spacial score (nSPS) is 19.6. The fourth-order valence-electron chi connectivity index (χ4n) is 3.94. The molecule has 1 aliphatic rings. The van der Waals surface area contributed by atoms with E-state index in [9.17, 15) is 4.79 Å². The van der Waals surface area contributed by atoms with Gasteiger partial charge in [-0.25, -0.2) is 0 Å². The van der Waals surface area contributed by atoms with Crippen molar-refractivity contribution in [3.05, 3.63) is 52.6 Å². The Labute approximate surface area is 205 Å². The number of thioether (sulfide) groups is 1. The Morgan fingerprint density at radius 3 is 2.52 bits per heavy atom. The molecule has 0 radical (unpaired) electrons. The number of carbonyl (C=O) groups excluding carboxylic acids is 1. The van der Waals surface area contributed by atoms with Crippen molar-refractivity contribution in [3.8, 4) is 0 Å². The molecule has 0 aliphatic carbocycles. The van der Waals surface area contributed by atoms with Crippen LogP contribution in [0.4, 0.5) is 5.69 Å². The van der Waals surface area contributed by atoms with Crippen molar-refractivity contribution in [2.75, 3.05) is 32.0 Å². The third kappa shape index (κ3) is 7.28. The van der Waals surface area contributed by atoms with E-state index in [4.69, 9.17) is 5.73 Å². The predicted octanol–water partition coefficient (Wildman–Crippen LogP) is 5.82. The van der Waals surface area contributed by atoms with E-state index in [2.05, 4.69) is 70.7 Å². The molecule has 184 valence electrons. The molecule has 2 atom stereocenters. The van der Waals surface area contributed by atoms with E-state index in [1.807, 2.05) is 36.0 Å². The van der Waals surface area contributed by atoms with Crippen LogP contribution in [0.5, 0.6) is 0 Å². The molecule has 1 aliphatic heterocycles. The molecule has 6 heteroatoms. The quantitative estimate of drug-likeness (QED) is 0.334. The lowest BCUT2D eigenvalue weighted by molar-refractivity contribution is 0.0950. The van der Waals surface area contributed by atoms with Crippen molar-refractivity contribution in [2.24, 2.45) is 17.1 Å². The standard InChI is InChI=1S/C27H44N4OS/c1-9-10-16-31(8)17-15-29-25(32)21-11-13-22(14-12-21)30-27(7)18-23(28)24(33-27)20(4)26(5,6)19(2)3/h11-14,20,30H,2,9-10,15-18,28H2,1,3-8H3,(H,29,32). The van der Waals surface area contributed by atoms with Crippen molar-refractivity contribution in [3.63, 3.8) is 0 Å². The van der Waals surface area contributed by atoms with Crippen molar-refractivity contribution < 1.29 is 4.79 Å². The van der Waals surface area contributed by atoms with Crippen LogP contribution in [0, 0.1) is 11.3 Å². The Morgan fingerprint density at radius 1 is 1.30 bits per heavy atom. The van der Waals surface area contributed by atoms with Gasteiger partial charge < -0.3 is 21.3 Å². The van der Waals surface area contributed by atoms with Crippen LogP contribution in [0.25, 0.3) is 0 Å². The summed E-state index contributed by atoms with van der Waals surface area (Å²) in [7, 11) is 2.09. The van der Waals surface area contributed by atoms with Crippen LogP contribution < -0.4 is 16.4 Å². The number of hydrogen-bond acceptors (Lipinski definition) is 5. The zero-order valence-corrected chi connectivity index (χ0v) is 22.5. The molecule has 33 heavy (non-hydrogen) atoms. The first kappa shape index (κ1) is 27.3. The molecule has 1 amide bonds. The van der Waals surface area contributed by atoms with E-state index in [-0.39, 0.29) is 16.2 Å². The minimum atomic E-state index is -0.217. The van der Waals surface area contributed by atoms with Gasteiger partial charge in [-0.2, -0.15) is 0 Å². The van der Waals surface area contributed by atoms with Crippen LogP contribution in [-0.2, 0) is 0 Å². The highest BCUT2D eigenvalue weighted by Gasteiger charge is 2.40. The van der Waals surface area contributed by atoms with Crippen molar-refractivity contribution in [1.29, 1.82) is 0 Å². The summed E-state index contributed by atoms with van der Waals surface area (Å²) in [5.74, 6) is 0.270. The Bertz CT molecular complexity index is 861. The summed E-state index contributed by atoms with van der Waals surface area (Å²) >= 11 is 1.82. The fraction of sp³-hybridized carbons (Fsp3) is 0.593. The number of unbranched alkanes of at least 4 members (excludes halogenated alkanes) is 1. The summed E-state index contributed by atoms with van der Waals surface area (Å²) in [5, 5.41) is 6.66. The molecular weight excluding hydrogens is 428 g/mol. The number of likely N-dealkylation sites (N-methyl/N-ethyl adjacent to an activating group) is 1. The van der Waals surface area contributed by atoms with Crippen LogP contribution in [0.2, 0.25) is 0 Å². The largest absolute Gasteiger partial charge is 0.401 e. The summed E-state index contributed by atoms with van der Waals surface area (Å²) in [6.45, 7) is 19.9. The van der Waals surface area contributed by atoms with E-state index in [1.54, 1.807) is 0 Å². The molecule has 0 saturated carbocycles. The first-order chi connectivity index (χ1) is 15.4. The van der Waals surface area contributed by atoms with Gasteiger partial charge in [0.15, 0.2) is 0 Å². The minimum Gasteiger partial charge on any atom is -0.401 e. The van der Waals surface area contributed by atoms with E-state index in [0.29, 0.717) is 18.0 Å². The number of rotatable bonds is 12. The summed E-state index contributed by atoms with van der Waals surface area (Å²) < 4.78 is 0. The lowest BCUT2D eigenvalue weighted by Gasteiger charge is -2.35. The van der Waals surface area contributed by atoms with Gasteiger partial charge in [0, 0.05) is 41.4 Å². The maximum absolute atomic E-state index is 12.5. The number of hydrogen-bond donors (Lipinski definition) is 3. The molecule has 4 N–H and O–H groups in total. The average Bonchev–Trinajstić information content (AvgIpc) is 3.05. The molecule has 5 nitrogen and oxygen atoms in total. The lowest BCUT2D eigenvalue weighted by Crippen LogP contribution is -2.33. The molecule has 0 bridgehead atoms.